The first kappa shape index (κ1) is 17.4. The maximum Gasteiger partial charge on any atom is 0.501 e. The Morgan fingerprint density at radius 3 is 1.88 bits per heavy atom. The molecule has 0 aliphatic heterocycles. The summed E-state index contributed by atoms with van der Waals surface area (Å²) in [4.78, 5) is 0. The molecule has 0 rings (SSSR count). The van der Waals surface area contributed by atoms with Crippen LogP contribution in [0.5, 0.6) is 0 Å². The lowest BCUT2D eigenvalue weighted by atomic mass is 10.5. The fraction of sp³-hybridized carbons (Fsp3) is 1.00. The lowest BCUT2D eigenvalue weighted by Gasteiger charge is -2.28. The summed E-state index contributed by atoms with van der Waals surface area (Å²) in [5, 5.41) is 0. The van der Waals surface area contributed by atoms with Gasteiger partial charge in [0.25, 0.3) is 0 Å². The third-order valence-electron chi connectivity index (χ3n) is 2.14. The Morgan fingerprint density at radius 2 is 1.47 bits per heavy atom. The van der Waals surface area contributed by atoms with Crippen molar-refractivity contribution in [3.05, 3.63) is 0 Å². The average molecular weight is 281 g/mol. The van der Waals surface area contributed by atoms with Crippen LogP contribution in [0.3, 0.4) is 0 Å². The molecule has 0 spiro atoms. The van der Waals surface area contributed by atoms with Crippen molar-refractivity contribution in [1.29, 1.82) is 0 Å². The molecular formula is C11H27NO3SSi. The predicted octanol–water partition coefficient (Wildman–Crippen LogP) is 2.12. The van der Waals surface area contributed by atoms with Crippen molar-refractivity contribution in [2.45, 2.75) is 33.2 Å². The van der Waals surface area contributed by atoms with Crippen LogP contribution in [0, 0.1) is 0 Å². The largest absolute Gasteiger partial charge is 0.501 e. The second-order valence-corrected chi connectivity index (χ2v) is 7.44. The topological polar surface area (TPSA) is 53.7 Å². The molecule has 0 aliphatic carbocycles. The van der Waals surface area contributed by atoms with Gasteiger partial charge in [-0.25, -0.2) is 0 Å². The van der Waals surface area contributed by atoms with E-state index in [0.717, 1.165) is 30.5 Å². The van der Waals surface area contributed by atoms with Gasteiger partial charge in [0, 0.05) is 25.9 Å². The van der Waals surface area contributed by atoms with E-state index in [1.807, 2.05) is 32.5 Å². The summed E-state index contributed by atoms with van der Waals surface area (Å²) >= 11 is 1.90. The summed E-state index contributed by atoms with van der Waals surface area (Å²) in [6, 6.07) is 0.887. The molecule has 4 nitrogen and oxygen atoms in total. The van der Waals surface area contributed by atoms with Crippen LogP contribution in [0.1, 0.15) is 27.2 Å². The number of hydrogen-bond donors (Lipinski definition) is 1. The molecule has 0 saturated heterocycles. The molecule has 6 heteroatoms. The monoisotopic (exact) mass is 281 g/mol. The zero-order chi connectivity index (χ0) is 13.0. The highest BCUT2D eigenvalue weighted by Crippen LogP contribution is 2.19. The Labute approximate surface area is 111 Å². The van der Waals surface area contributed by atoms with E-state index in [9.17, 15) is 0 Å². The van der Waals surface area contributed by atoms with E-state index in [1.165, 1.54) is 0 Å². The molecule has 0 amide bonds. The Kier molecular flexibility index (Phi) is 11.8. The van der Waals surface area contributed by atoms with E-state index in [4.69, 9.17) is 19.0 Å². The SMILES string of the molecule is CCO[Si](CCSCCCN)(OCC)OCC. The second kappa shape index (κ2) is 11.5. The highest BCUT2D eigenvalue weighted by molar-refractivity contribution is 7.99. The number of hydrogen-bond acceptors (Lipinski definition) is 5. The van der Waals surface area contributed by atoms with E-state index in [2.05, 4.69) is 0 Å². The Bertz CT molecular complexity index is 158. The molecule has 0 aromatic heterocycles. The third-order valence-corrected chi connectivity index (χ3v) is 6.62. The van der Waals surface area contributed by atoms with Crippen molar-refractivity contribution in [2.75, 3.05) is 37.9 Å². The molecular weight excluding hydrogens is 254 g/mol. The maximum atomic E-state index is 5.77. The molecule has 0 fully saturated rings. The van der Waals surface area contributed by atoms with E-state index in [-0.39, 0.29) is 0 Å². The van der Waals surface area contributed by atoms with Crippen LogP contribution >= 0.6 is 11.8 Å². The fourth-order valence-electron chi connectivity index (χ4n) is 1.49. The van der Waals surface area contributed by atoms with E-state index in [1.54, 1.807) is 0 Å². The Hall–Kier alpha value is 0.407. The van der Waals surface area contributed by atoms with Crippen molar-refractivity contribution in [1.82, 2.24) is 0 Å². The molecule has 2 N–H and O–H groups in total. The van der Waals surface area contributed by atoms with Crippen LogP contribution in [0.4, 0.5) is 0 Å². The molecule has 17 heavy (non-hydrogen) atoms. The predicted molar refractivity (Wildman–Crippen MR) is 76.4 cm³/mol. The van der Waals surface area contributed by atoms with Crippen molar-refractivity contribution >= 4 is 20.6 Å². The molecule has 0 aromatic carbocycles. The van der Waals surface area contributed by atoms with Gasteiger partial charge < -0.3 is 19.0 Å². The lowest BCUT2D eigenvalue weighted by Crippen LogP contribution is -2.46. The summed E-state index contributed by atoms with van der Waals surface area (Å²) in [7, 11) is -2.41. The molecule has 0 atom stereocenters. The molecule has 0 bridgehead atoms. The van der Waals surface area contributed by atoms with Gasteiger partial charge in [-0.3, -0.25) is 0 Å². The van der Waals surface area contributed by atoms with Crippen molar-refractivity contribution in [3.8, 4) is 0 Å². The summed E-state index contributed by atoms with van der Waals surface area (Å²) < 4.78 is 17.3. The van der Waals surface area contributed by atoms with Crippen molar-refractivity contribution in [2.24, 2.45) is 5.73 Å². The highest BCUT2D eigenvalue weighted by Gasteiger charge is 2.39. The molecule has 0 aromatic rings. The van der Waals surface area contributed by atoms with Gasteiger partial charge in [-0.2, -0.15) is 11.8 Å². The molecule has 0 saturated carbocycles. The first-order valence-electron chi connectivity index (χ1n) is 6.44. The molecule has 0 heterocycles. The van der Waals surface area contributed by atoms with Crippen LogP contribution in [0.2, 0.25) is 6.04 Å². The molecule has 104 valence electrons. The quantitative estimate of drug-likeness (QED) is 0.439. The molecule has 0 unspecified atom stereocenters. The van der Waals surface area contributed by atoms with Gasteiger partial charge in [0.15, 0.2) is 0 Å². The number of nitrogens with two attached hydrogens (primary N) is 1. The van der Waals surface area contributed by atoms with Gasteiger partial charge in [-0.15, -0.1) is 0 Å². The lowest BCUT2D eigenvalue weighted by molar-refractivity contribution is 0.0728. The van der Waals surface area contributed by atoms with E-state index >= 15 is 0 Å². The zero-order valence-corrected chi connectivity index (χ0v) is 13.2. The van der Waals surface area contributed by atoms with E-state index in [0.29, 0.717) is 19.8 Å². The maximum absolute atomic E-state index is 5.77. The highest BCUT2D eigenvalue weighted by atomic mass is 32.2. The van der Waals surface area contributed by atoms with Crippen LogP contribution in [0.15, 0.2) is 0 Å². The minimum atomic E-state index is -2.41. The van der Waals surface area contributed by atoms with Gasteiger partial charge in [-0.1, -0.05) is 0 Å². The summed E-state index contributed by atoms with van der Waals surface area (Å²) in [6.07, 6.45) is 1.07. The van der Waals surface area contributed by atoms with Crippen LogP contribution in [-0.2, 0) is 13.3 Å². The van der Waals surface area contributed by atoms with Gasteiger partial charge in [-0.05, 0) is 45.2 Å². The first-order chi connectivity index (χ1) is 8.24. The minimum absolute atomic E-state index is 0.652. The third kappa shape index (κ3) is 8.18. The normalized spacial score (nSPS) is 12.0. The Balaban J connectivity index is 4.05. The van der Waals surface area contributed by atoms with Gasteiger partial charge in [0.2, 0.25) is 0 Å². The van der Waals surface area contributed by atoms with Gasteiger partial charge in [0.1, 0.15) is 0 Å². The zero-order valence-electron chi connectivity index (χ0n) is 11.4. The van der Waals surface area contributed by atoms with Crippen LogP contribution in [0.25, 0.3) is 0 Å². The van der Waals surface area contributed by atoms with Crippen LogP contribution in [-0.4, -0.2) is 46.7 Å². The fourth-order valence-corrected chi connectivity index (χ4v) is 5.64. The second-order valence-electron chi connectivity index (χ2n) is 3.49. The Morgan fingerprint density at radius 1 is 0.941 bits per heavy atom. The van der Waals surface area contributed by atoms with E-state index < -0.39 is 8.80 Å². The summed E-state index contributed by atoms with van der Waals surface area (Å²) in [5.41, 5.74) is 5.46. The standard InChI is InChI=1S/C11H27NO3SSi/c1-4-13-17(14-5-2,15-6-3)11-10-16-9-7-8-12/h4-12H2,1-3H3. The first-order valence-corrected chi connectivity index (χ1v) is 9.53. The molecule has 0 radical (unpaired) electrons. The van der Waals surface area contributed by atoms with Gasteiger partial charge >= 0.3 is 8.80 Å². The van der Waals surface area contributed by atoms with Gasteiger partial charge in [0.05, 0.1) is 0 Å². The number of thioether (sulfide) groups is 1. The van der Waals surface area contributed by atoms with Crippen LogP contribution < -0.4 is 5.73 Å². The minimum Gasteiger partial charge on any atom is -0.374 e. The number of rotatable bonds is 12. The smallest absolute Gasteiger partial charge is 0.374 e. The van der Waals surface area contributed by atoms with Crippen molar-refractivity contribution in [3.63, 3.8) is 0 Å². The summed E-state index contributed by atoms with van der Waals surface area (Å²) in [6.45, 7) is 8.68. The summed E-state index contributed by atoms with van der Waals surface area (Å²) in [5.74, 6) is 2.12. The molecule has 0 aliphatic rings. The van der Waals surface area contributed by atoms with Crippen molar-refractivity contribution < 1.29 is 13.3 Å². The average Bonchev–Trinajstić information content (AvgIpc) is 2.30.